The van der Waals surface area contributed by atoms with Crippen LogP contribution in [0, 0.1) is 0 Å². The maximum atomic E-state index is 12.4. The lowest BCUT2D eigenvalue weighted by Gasteiger charge is -2.12. The molecular weight excluding hydrogens is 328 g/mol. The Hall–Kier alpha value is -2.95. The van der Waals surface area contributed by atoms with Gasteiger partial charge in [0.1, 0.15) is 11.5 Å². The van der Waals surface area contributed by atoms with E-state index in [9.17, 15) is 4.79 Å². The van der Waals surface area contributed by atoms with Crippen molar-refractivity contribution in [1.82, 2.24) is 4.57 Å². The van der Waals surface area contributed by atoms with Gasteiger partial charge in [0.05, 0.1) is 19.9 Å². The first-order chi connectivity index (χ1) is 12.7. The Morgan fingerprint density at radius 1 is 1.12 bits per heavy atom. The number of benzene rings is 2. The van der Waals surface area contributed by atoms with Crippen molar-refractivity contribution in [2.75, 3.05) is 19.5 Å². The van der Waals surface area contributed by atoms with Crippen molar-refractivity contribution in [2.45, 2.75) is 26.3 Å². The van der Waals surface area contributed by atoms with Gasteiger partial charge in [-0.2, -0.15) is 0 Å². The van der Waals surface area contributed by atoms with Crippen LogP contribution in [0.5, 0.6) is 11.5 Å². The minimum absolute atomic E-state index is 0.0523. The summed E-state index contributed by atoms with van der Waals surface area (Å²) in [5.74, 6) is 1.23. The summed E-state index contributed by atoms with van der Waals surface area (Å²) in [6, 6.07) is 13.7. The number of carbonyl (C=O) groups excluding carboxylic acids is 1. The van der Waals surface area contributed by atoms with E-state index >= 15 is 0 Å². The van der Waals surface area contributed by atoms with Gasteiger partial charge in [-0.05, 0) is 43.2 Å². The van der Waals surface area contributed by atoms with Crippen molar-refractivity contribution in [3.63, 3.8) is 0 Å². The lowest BCUT2D eigenvalue weighted by atomic mass is 10.0. The van der Waals surface area contributed by atoms with Gasteiger partial charge in [-0.3, -0.25) is 4.79 Å². The summed E-state index contributed by atoms with van der Waals surface area (Å²) in [6.07, 6.45) is 3.18. The highest BCUT2D eigenvalue weighted by Gasteiger charge is 2.11. The van der Waals surface area contributed by atoms with Crippen molar-refractivity contribution in [3.8, 4) is 11.5 Å². The molecule has 0 atom stereocenters. The van der Waals surface area contributed by atoms with Crippen molar-refractivity contribution in [3.05, 3.63) is 54.2 Å². The summed E-state index contributed by atoms with van der Waals surface area (Å²) in [4.78, 5) is 12.4. The minimum atomic E-state index is -0.0523. The molecule has 0 spiro atoms. The van der Waals surface area contributed by atoms with Crippen LogP contribution in [-0.2, 0) is 17.8 Å². The normalized spacial score (nSPS) is 10.7. The lowest BCUT2D eigenvalue weighted by molar-refractivity contribution is -0.116. The fraction of sp³-hybridized carbons (Fsp3) is 0.286. The molecule has 3 aromatic rings. The maximum absolute atomic E-state index is 12.4. The number of rotatable bonds is 7. The average Bonchev–Trinajstić information content (AvgIpc) is 3.10. The van der Waals surface area contributed by atoms with Crippen molar-refractivity contribution >= 4 is 22.5 Å². The van der Waals surface area contributed by atoms with E-state index in [1.54, 1.807) is 32.4 Å². The Bertz CT molecular complexity index is 915. The number of methoxy groups -OCH3 is 2. The molecule has 1 amide bonds. The average molecular weight is 352 g/mol. The molecule has 1 aromatic heterocycles. The highest BCUT2D eigenvalue weighted by molar-refractivity contribution is 5.93. The third kappa shape index (κ3) is 3.67. The van der Waals surface area contributed by atoms with Crippen LogP contribution < -0.4 is 14.8 Å². The summed E-state index contributed by atoms with van der Waals surface area (Å²) in [5, 5.41) is 4.13. The zero-order valence-corrected chi connectivity index (χ0v) is 15.4. The monoisotopic (exact) mass is 352 g/mol. The number of aryl methyl sites for hydroxylation is 2. The van der Waals surface area contributed by atoms with E-state index in [1.807, 2.05) is 6.07 Å². The van der Waals surface area contributed by atoms with Gasteiger partial charge in [-0.1, -0.05) is 12.1 Å². The van der Waals surface area contributed by atoms with E-state index in [0.29, 0.717) is 30.0 Å². The number of nitrogens with zero attached hydrogens (tertiary/aromatic N) is 1. The van der Waals surface area contributed by atoms with E-state index in [4.69, 9.17) is 9.47 Å². The molecule has 1 N–H and O–H groups in total. The Morgan fingerprint density at radius 2 is 1.96 bits per heavy atom. The molecule has 3 rings (SSSR count). The number of fused-ring (bicyclic) bond motifs is 1. The number of aromatic nitrogens is 1. The van der Waals surface area contributed by atoms with Gasteiger partial charge in [0.2, 0.25) is 5.91 Å². The van der Waals surface area contributed by atoms with E-state index in [2.05, 4.69) is 41.2 Å². The SMILES string of the molecule is CCn1ccc2c(CCC(=O)Nc3cc(OC)ccc3OC)cccc21. The lowest BCUT2D eigenvalue weighted by Crippen LogP contribution is -2.13. The summed E-state index contributed by atoms with van der Waals surface area (Å²) >= 11 is 0. The smallest absolute Gasteiger partial charge is 0.224 e. The quantitative estimate of drug-likeness (QED) is 0.692. The molecule has 0 radical (unpaired) electrons. The number of ether oxygens (including phenoxy) is 2. The van der Waals surface area contributed by atoms with Crippen molar-refractivity contribution in [2.24, 2.45) is 0 Å². The minimum Gasteiger partial charge on any atom is -0.497 e. The second-order valence-electron chi connectivity index (χ2n) is 6.07. The molecule has 26 heavy (non-hydrogen) atoms. The Kier molecular flexibility index (Phi) is 5.46. The first-order valence-electron chi connectivity index (χ1n) is 8.75. The van der Waals surface area contributed by atoms with E-state index in [1.165, 1.54) is 16.5 Å². The van der Waals surface area contributed by atoms with Crippen LogP contribution in [0.1, 0.15) is 18.9 Å². The molecule has 1 heterocycles. The van der Waals surface area contributed by atoms with Gasteiger partial charge < -0.3 is 19.4 Å². The standard InChI is InChI=1S/C21H24N2O3/c1-4-23-13-12-17-15(6-5-7-19(17)23)8-11-21(24)22-18-14-16(25-2)9-10-20(18)26-3/h5-7,9-10,12-14H,4,8,11H2,1-3H3,(H,22,24). The van der Waals surface area contributed by atoms with Crippen molar-refractivity contribution in [1.29, 1.82) is 0 Å². The van der Waals surface area contributed by atoms with Crippen LogP contribution in [0.25, 0.3) is 10.9 Å². The van der Waals surface area contributed by atoms with Crippen LogP contribution in [0.3, 0.4) is 0 Å². The van der Waals surface area contributed by atoms with Gasteiger partial charge in [0.15, 0.2) is 0 Å². The van der Waals surface area contributed by atoms with E-state index in [0.717, 1.165) is 6.54 Å². The summed E-state index contributed by atoms with van der Waals surface area (Å²) < 4.78 is 12.7. The van der Waals surface area contributed by atoms with E-state index < -0.39 is 0 Å². The Balaban J connectivity index is 1.71. The highest BCUT2D eigenvalue weighted by atomic mass is 16.5. The molecule has 0 saturated heterocycles. The second kappa shape index (κ2) is 7.95. The zero-order chi connectivity index (χ0) is 18.5. The van der Waals surface area contributed by atoms with Gasteiger partial charge >= 0.3 is 0 Å². The predicted molar refractivity (Wildman–Crippen MR) is 104 cm³/mol. The third-order valence-electron chi connectivity index (χ3n) is 4.55. The van der Waals surface area contributed by atoms with Crippen LogP contribution in [-0.4, -0.2) is 24.7 Å². The predicted octanol–water partition coefficient (Wildman–Crippen LogP) is 4.25. The number of hydrogen-bond donors (Lipinski definition) is 1. The molecule has 0 saturated carbocycles. The molecule has 2 aromatic carbocycles. The molecule has 0 bridgehead atoms. The first-order valence-corrected chi connectivity index (χ1v) is 8.75. The highest BCUT2D eigenvalue weighted by Crippen LogP contribution is 2.29. The molecule has 0 fully saturated rings. The summed E-state index contributed by atoms with van der Waals surface area (Å²) in [6.45, 7) is 3.06. The van der Waals surface area contributed by atoms with Crippen LogP contribution in [0.15, 0.2) is 48.7 Å². The second-order valence-corrected chi connectivity index (χ2v) is 6.07. The van der Waals surface area contributed by atoms with Crippen LogP contribution in [0.2, 0.25) is 0 Å². The maximum Gasteiger partial charge on any atom is 0.224 e. The zero-order valence-electron chi connectivity index (χ0n) is 15.4. The van der Waals surface area contributed by atoms with Gasteiger partial charge in [-0.25, -0.2) is 0 Å². The number of nitrogens with one attached hydrogen (secondary N) is 1. The topological polar surface area (TPSA) is 52.5 Å². The third-order valence-corrected chi connectivity index (χ3v) is 4.55. The molecular formula is C21H24N2O3. The molecule has 0 aliphatic heterocycles. The first kappa shape index (κ1) is 17.9. The largest absolute Gasteiger partial charge is 0.497 e. The number of anilines is 1. The van der Waals surface area contributed by atoms with Crippen LogP contribution in [0.4, 0.5) is 5.69 Å². The summed E-state index contributed by atoms with van der Waals surface area (Å²) in [7, 11) is 3.17. The molecule has 5 nitrogen and oxygen atoms in total. The molecule has 0 unspecified atom stereocenters. The Morgan fingerprint density at radius 3 is 2.69 bits per heavy atom. The van der Waals surface area contributed by atoms with Crippen molar-refractivity contribution < 1.29 is 14.3 Å². The fourth-order valence-electron chi connectivity index (χ4n) is 3.15. The molecule has 5 heteroatoms. The molecule has 136 valence electrons. The molecule has 0 aliphatic carbocycles. The molecule has 0 aliphatic rings. The van der Waals surface area contributed by atoms with Crippen LogP contribution >= 0.6 is 0 Å². The summed E-state index contributed by atoms with van der Waals surface area (Å²) in [5.41, 5.74) is 3.01. The van der Waals surface area contributed by atoms with E-state index in [-0.39, 0.29) is 5.91 Å². The number of amides is 1. The van der Waals surface area contributed by atoms with Gasteiger partial charge in [0.25, 0.3) is 0 Å². The fourth-order valence-corrected chi connectivity index (χ4v) is 3.15. The van der Waals surface area contributed by atoms with Gasteiger partial charge in [0, 0.05) is 36.1 Å². The number of carbonyl (C=O) groups is 1. The Labute approximate surface area is 153 Å². The van der Waals surface area contributed by atoms with Gasteiger partial charge in [-0.15, -0.1) is 0 Å². The number of hydrogen-bond acceptors (Lipinski definition) is 3.